The van der Waals surface area contributed by atoms with Crippen molar-refractivity contribution in [1.82, 2.24) is 0 Å². The summed E-state index contributed by atoms with van der Waals surface area (Å²) in [5.74, 6) is 0. The maximum atomic E-state index is 6.18. The minimum atomic E-state index is 0.176. The van der Waals surface area contributed by atoms with Gasteiger partial charge in [0, 0.05) is 5.54 Å². The summed E-state index contributed by atoms with van der Waals surface area (Å²) in [6.45, 7) is 10.9. The van der Waals surface area contributed by atoms with Gasteiger partial charge >= 0.3 is 0 Å². The molecule has 0 aromatic heterocycles. The molecule has 0 aliphatic heterocycles. The third kappa shape index (κ3) is 4.12. The zero-order valence-corrected chi connectivity index (χ0v) is 10.1. The van der Waals surface area contributed by atoms with Gasteiger partial charge in [-0.1, -0.05) is 34.6 Å². The zero-order chi connectivity index (χ0) is 10.5. The Labute approximate surface area is 84.1 Å². The van der Waals surface area contributed by atoms with Gasteiger partial charge in [0.15, 0.2) is 0 Å². The first-order chi connectivity index (χ1) is 5.97. The van der Waals surface area contributed by atoms with Crippen LogP contribution in [0.3, 0.4) is 0 Å². The van der Waals surface area contributed by atoms with Gasteiger partial charge in [-0.2, -0.15) is 0 Å². The standard InChI is InChI=1S/C10H21N.C2H6/c1-4-10(11)7-5-9(2,3)6-8-10;1-2/h4-8,11H2,1-3H3;1-2H3. The monoisotopic (exact) mass is 185 g/mol. The van der Waals surface area contributed by atoms with Crippen LogP contribution in [0.25, 0.3) is 0 Å². The molecular formula is C12H27N. The van der Waals surface area contributed by atoms with Gasteiger partial charge < -0.3 is 5.73 Å². The van der Waals surface area contributed by atoms with Crippen LogP contribution >= 0.6 is 0 Å². The summed E-state index contributed by atoms with van der Waals surface area (Å²) in [5, 5.41) is 0. The Kier molecular flexibility index (Phi) is 4.98. The molecule has 1 heteroatoms. The second-order valence-corrected chi connectivity index (χ2v) is 4.88. The summed E-state index contributed by atoms with van der Waals surface area (Å²) in [5.41, 5.74) is 6.91. The summed E-state index contributed by atoms with van der Waals surface area (Å²) in [6.07, 6.45) is 6.19. The highest BCUT2D eigenvalue weighted by Crippen LogP contribution is 2.40. The molecule has 1 saturated carbocycles. The molecular weight excluding hydrogens is 158 g/mol. The Balaban J connectivity index is 0.000000671. The van der Waals surface area contributed by atoms with Gasteiger partial charge in [0.25, 0.3) is 0 Å². The highest BCUT2D eigenvalue weighted by Gasteiger charge is 2.33. The normalized spacial score (nSPS) is 24.5. The van der Waals surface area contributed by atoms with Crippen molar-refractivity contribution in [3.63, 3.8) is 0 Å². The van der Waals surface area contributed by atoms with Gasteiger partial charge in [-0.05, 0) is 37.5 Å². The fraction of sp³-hybridized carbons (Fsp3) is 1.00. The molecule has 0 bridgehead atoms. The van der Waals surface area contributed by atoms with Crippen LogP contribution in [0.1, 0.15) is 66.7 Å². The van der Waals surface area contributed by atoms with Crippen molar-refractivity contribution in [2.45, 2.75) is 72.3 Å². The van der Waals surface area contributed by atoms with Crippen molar-refractivity contribution < 1.29 is 0 Å². The molecule has 13 heavy (non-hydrogen) atoms. The molecule has 0 aromatic rings. The minimum absolute atomic E-state index is 0.176. The predicted octanol–water partition coefficient (Wildman–Crippen LogP) is 3.72. The smallest absolute Gasteiger partial charge is 0.0152 e. The van der Waals surface area contributed by atoms with Gasteiger partial charge in [-0.15, -0.1) is 0 Å². The quantitative estimate of drug-likeness (QED) is 0.662. The van der Waals surface area contributed by atoms with Gasteiger partial charge in [0.1, 0.15) is 0 Å². The van der Waals surface area contributed by atoms with Crippen LogP contribution in [0.2, 0.25) is 0 Å². The molecule has 1 aliphatic carbocycles. The van der Waals surface area contributed by atoms with Gasteiger partial charge in [-0.3, -0.25) is 0 Å². The second-order valence-electron chi connectivity index (χ2n) is 4.88. The van der Waals surface area contributed by atoms with Crippen LogP contribution in [0.15, 0.2) is 0 Å². The van der Waals surface area contributed by atoms with Crippen molar-refractivity contribution in [3.05, 3.63) is 0 Å². The third-order valence-electron chi connectivity index (χ3n) is 3.30. The Bertz CT molecular complexity index is 128. The molecule has 0 heterocycles. The maximum Gasteiger partial charge on any atom is 0.0152 e. The van der Waals surface area contributed by atoms with E-state index in [9.17, 15) is 0 Å². The van der Waals surface area contributed by atoms with Gasteiger partial charge in [-0.25, -0.2) is 0 Å². The van der Waals surface area contributed by atoms with Gasteiger partial charge in [0.05, 0.1) is 0 Å². The summed E-state index contributed by atoms with van der Waals surface area (Å²) >= 11 is 0. The lowest BCUT2D eigenvalue weighted by Crippen LogP contribution is -2.44. The fourth-order valence-electron chi connectivity index (χ4n) is 1.78. The first-order valence-corrected chi connectivity index (χ1v) is 5.76. The van der Waals surface area contributed by atoms with Crippen LogP contribution in [0.5, 0.6) is 0 Å². The molecule has 0 atom stereocenters. The average Bonchev–Trinajstić information content (AvgIpc) is 2.14. The molecule has 1 aliphatic rings. The van der Waals surface area contributed by atoms with Crippen molar-refractivity contribution in [2.24, 2.45) is 11.1 Å². The number of rotatable bonds is 1. The van der Waals surface area contributed by atoms with E-state index in [0.717, 1.165) is 6.42 Å². The molecule has 1 nitrogen and oxygen atoms in total. The first kappa shape index (κ1) is 13.0. The SMILES string of the molecule is CC.CCC1(N)CCC(C)(C)CC1. The Morgan fingerprint density at radius 2 is 1.38 bits per heavy atom. The summed E-state index contributed by atoms with van der Waals surface area (Å²) < 4.78 is 0. The van der Waals surface area contributed by atoms with E-state index in [2.05, 4.69) is 20.8 Å². The molecule has 1 fully saturated rings. The van der Waals surface area contributed by atoms with Gasteiger partial charge in [0.2, 0.25) is 0 Å². The molecule has 80 valence electrons. The van der Waals surface area contributed by atoms with Crippen molar-refractivity contribution in [2.75, 3.05) is 0 Å². The van der Waals surface area contributed by atoms with E-state index in [0.29, 0.717) is 5.41 Å². The summed E-state index contributed by atoms with van der Waals surface area (Å²) in [7, 11) is 0. The fourth-order valence-corrected chi connectivity index (χ4v) is 1.78. The average molecular weight is 185 g/mol. The van der Waals surface area contributed by atoms with E-state index in [4.69, 9.17) is 5.73 Å². The Morgan fingerprint density at radius 1 is 1.00 bits per heavy atom. The van der Waals surface area contributed by atoms with E-state index in [1.165, 1.54) is 25.7 Å². The lowest BCUT2D eigenvalue weighted by atomic mass is 9.69. The summed E-state index contributed by atoms with van der Waals surface area (Å²) in [6, 6.07) is 0. The molecule has 2 N–H and O–H groups in total. The van der Waals surface area contributed by atoms with Crippen molar-refractivity contribution in [3.8, 4) is 0 Å². The topological polar surface area (TPSA) is 26.0 Å². The second kappa shape index (κ2) is 4.99. The van der Waals surface area contributed by atoms with Crippen LogP contribution in [-0.4, -0.2) is 5.54 Å². The van der Waals surface area contributed by atoms with Crippen LogP contribution < -0.4 is 5.73 Å². The highest BCUT2D eigenvalue weighted by molar-refractivity contribution is 4.91. The maximum absolute atomic E-state index is 6.18. The van der Waals surface area contributed by atoms with E-state index < -0.39 is 0 Å². The zero-order valence-electron chi connectivity index (χ0n) is 10.1. The minimum Gasteiger partial charge on any atom is -0.325 e. The van der Waals surface area contributed by atoms with E-state index in [-0.39, 0.29) is 5.54 Å². The first-order valence-electron chi connectivity index (χ1n) is 5.76. The van der Waals surface area contributed by atoms with Crippen LogP contribution in [-0.2, 0) is 0 Å². The number of nitrogens with two attached hydrogens (primary N) is 1. The Hall–Kier alpha value is -0.0400. The molecule has 0 amide bonds. The largest absolute Gasteiger partial charge is 0.325 e. The molecule has 0 spiro atoms. The lowest BCUT2D eigenvalue weighted by Gasteiger charge is -2.40. The third-order valence-corrected chi connectivity index (χ3v) is 3.30. The van der Waals surface area contributed by atoms with E-state index in [1.54, 1.807) is 0 Å². The van der Waals surface area contributed by atoms with Crippen LogP contribution in [0, 0.1) is 5.41 Å². The van der Waals surface area contributed by atoms with E-state index >= 15 is 0 Å². The number of hydrogen-bond acceptors (Lipinski definition) is 1. The molecule has 0 aromatic carbocycles. The molecule has 0 radical (unpaired) electrons. The highest BCUT2D eigenvalue weighted by atomic mass is 14.7. The van der Waals surface area contributed by atoms with E-state index in [1.807, 2.05) is 13.8 Å². The van der Waals surface area contributed by atoms with Crippen molar-refractivity contribution in [1.29, 1.82) is 0 Å². The molecule has 1 rings (SSSR count). The predicted molar refractivity (Wildman–Crippen MR) is 60.8 cm³/mol. The lowest BCUT2D eigenvalue weighted by molar-refractivity contribution is 0.162. The summed E-state index contributed by atoms with van der Waals surface area (Å²) in [4.78, 5) is 0. The van der Waals surface area contributed by atoms with Crippen LogP contribution in [0.4, 0.5) is 0 Å². The number of hydrogen-bond donors (Lipinski definition) is 1. The van der Waals surface area contributed by atoms with Crippen molar-refractivity contribution >= 4 is 0 Å². The molecule has 0 saturated heterocycles. The molecule has 0 unspecified atom stereocenters. The Morgan fingerprint density at radius 3 is 1.69 bits per heavy atom.